The first-order valence-electron chi connectivity index (χ1n) is 8.76. The zero-order chi connectivity index (χ0) is 20.4. The fourth-order valence-electron chi connectivity index (χ4n) is 3.10. The fraction of sp³-hybridized carbons (Fsp3) is 0.100. The highest BCUT2D eigenvalue weighted by atomic mass is 32.2. The van der Waals surface area contributed by atoms with Crippen molar-refractivity contribution in [1.29, 1.82) is 0 Å². The van der Waals surface area contributed by atoms with Crippen LogP contribution in [0.5, 0.6) is 11.6 Å². The van der Waals surface area contributed by atoms with Crippen LogP contribution in [-0.2, 0) is 24.9 Å². The summed E-state index contributed by atoms with van der Waals surface area (Å²) >= 11 is -2.14. The Morgan fingerprint density at radius 2 is 2.03 bits per heavy atom. The predicted octanol–water partition coefficient (Wildman–Crippen LogP) is 2.95. The number of para-hydroxylation sites is 1. The molecule has 0 aliphatic carbocycles. The van der Waals surface area contributed by atoms with Crippen LogP contribution in [0.25, 0.3) is 22.0 Å². The highest BCUT2D eigenvalue weighted by Crippen LogP contribution is 2.35. The summed E-state index contributed by atoms with van der Waals surface area (Å²) in [6.45, 7) is 0.150. The van der Waals surface area contributed by atoms with Gasteiger partial charge in [-0.15, -0.1) is 0 Å². The van der Waals surface area contributed by atoms with E-state index in [0.717, 1.165) is 10.9 Å². The van der Waals surface area contributed by atoms with Gasteiger partial charge in [0, 0.05) is 48.7 Å². The second-order valence-electron chi connectivity index (χ2n) is 6.41. The molecule has 0 spiro atoms. The van der Waals surface area contributed by atoms with Crippen LogP contribution in [-0.4, -0.2) is 23.3 Å². The molecule has 3 heterocycles. The minimum Gasteiger partial charge on any atom is -0.438 e. The molecule has 4 aromatic rings. The maximum Gasteiger partial charge on any atom is 0.274 e. The number of hydrogen-bond donors (Lipinski definition) is 3. The van der Waals surface area contributed by atoms with E-state index in [-0.39, 0.29) is 12.1 Å². The molecule has 29 heavy (non-hydrogen) atoms. The summed E-state index contributed by atoms with van der Waals surface area (Å²) in [5.74, 6) is 0.991. The van der Waals surface area contributed by atoms with Crippen molar-refractivity contribution in [3.05, 3.63) is 77.0 Å². The van der Waals surface area contributed by atoms with Crippen LogP contribution in [0.1, 0.15) is 5.56 Å². The minimum absolute atomic E-state index is 0.138. The summed E-state index contributed by atoms with van der Waals surface area (Å²) < 4.78 is 29.9. The molecule has 1 atom stereocenters. The van der Waals surface area contributed by atoms with E-state index in [2.05, 4.69) is 14.7 Å². The molecule has 0 aliphatic rings. The van der Waals surface area contributed by atoms with E-state index >= 15 is 0 Å². The summed E-state index contributed by atoms with van der Waals surface area (Å²) in [6.07, 6.45) is 5.02. The number of rotatable bonds is 6. The topological polar surface area (TPSA) is 109 Å². The van der Waals surface area contributed by atoms with Crippen molar-refractivity contribution in [2.45, 2.75) is 6.54 Å². The molecule has 1 unspecified atom stereocenters. The molecule has 1 aromatic carbocycles. The van der Waals surface area contributed by atoms with Crippen LogP contribution < -0.4 is 15.0 Å². The number of aromatic nitrogens is 3. The summed E-state index contributed by atoms with van der Waals surface area (Å²) in [7, 11) is 1.68. The average molecular weight is 410 g/mol. The standard InChI is InChI=1S/C20H18N4O4S/c1-24-12-17(15-7-8-21-18(15)20(24)25)16-9-13(11-23-29(26)27)10-22-19(16)28-14-5-3-2-4-6-14/h2-10,12,21,23H,11H2,1H3,(H,26,27). The third kappa shape index (κ3) is 3.97. The minimum atomic E-state index is -2.14. The van der Waals surface area contributed by atoms with Gasteiger partial charge in [-0.2, -0.15) is 0 Å². The number of nitrogens with one attached hydrogen (secondary N) is 2. The lowest BCUT2D eigenvalue weighted by molar-refractivity contribution is 0.464. The average Bonchev–Trinajstić information content (AvgIpc) is 3.21. The van der Waals surface area contributed by atoms with Crippen molar-refractivity contribution in [2.75, 3.05) is 0 Å². The Hall–Kier alpha value is -3.27. The van der Waals surface area contributed by atoms with Gasteiger partial charge in [0.25, 0.3) is 5.56 Å². The molecule has 4 rings (SSSR count). The van der Waals surface area contributed by atoms with Gasteiger partial charge in [-0.3, -0.25) is 9.35 Å². The zero-order valence-electron chi connectivity index (χ0n) is 15.5. The number of H-pyrrole nitrogens is 1. The molecular formula is C20H18N4O4S. The first-order valence-corrected chi connectivity index (χ1v) is 9.87. The van der Waals surface area contributed by atoms with Crippen LogP contribution in [0.4, 0.5) is 0 Å². The summed E-state index contributed by atoms with van der Waals surface area (Å²) in [5, 5.41) is 0.739. The quantitative estimate of drug-likeness (QED) is 0.424. The van der Waals surface area contributed by atoms with Crippen LogP contribution in [0.2, 0.25) is 0 Å². The SMILES string of the molecule is Cn1cc(-c2cc(CNS(=O)O)cnc2Oc2ccccc2)c2cc[nH]c2c1=O. The van der Waals surface area contributed by atoms with E-state index in [4.69, 9.17) is 9.29 Å². The number of pyridine rings is 2. The van der Waals surface area contributed by atoms with Gasteiger partial charge in [0.1, 0.15) is 11.3 Å². The number of ether oxygens (including phenoxy) is 1. The van der Waals surface area contributed by atoms with Crippen LogP contribution >= 0.6 is 0 Å². The van der Waals surface area contributed by atoms with Gasteiger partial charge >= 0.3 is 0 Å². The first-order chi connectivity index (χ1) is 14.0. The Labute approximate surface area is 168 Å². The van der Waals surface area contributed by atoms with Gasteiger partial charge in [-0.25, -0.2) is 13.9 Å². The predicted molar refractivity (Wildman–Crippen MR) is 111 cm³/mol. The number of nitrogens with zero attached hydrogens (tertiary/aromatic N) is 2. The first kappa shape index (κ1) is 19.1. The lowest BCUT2D eigenvalue weighted by atomic mass is 10.0. The van der Waals surface area contributed by atoms with E-state index in [0.29, 0.717) is 28.3 Å². The Morgan fingerprint density at radius 1 is 1.24 bits per heavy atom. The molecule has 0 saturated carbocycles. The van der Waals surface area contributed by atoms with Crippen molar-refractivity contribution in [3.8, 4) is 22.8 Å². The Bertz CT molecular complexity index is 1250. The highest BCUT2D eigenvalue weighted by Gasteiger charge is 2.16. The van der Waals surface area contributed by atoms with Gasteiger partial charge in [-0.1, -0.05) is 18.2 Å². The van der Waals surface area contributed by atoms with E-state index in [1.54, 1.807) is 25.6 Å². The van der Waals surface area contributed by atoms with Crippen molar-refractivity contribution >= 4 is 22.2 Å². The van der Waals surface area contributed by atoms with Gasteiger partial charge in [0.05, 0.1) is 0 Å². The molecule has 0 aliphatic heterocycles. The molecule has 148 valence electrons. The fourth-order valence-corrected chi connectivity index (χ4v) is 3.39. The molecule has 0 radical (unpaired) electrons. The Morgan fingerprint density at radius 3 is 2.79 bits per heavy atom. The van der Waals surface area contributed by atoms with Gasteiger partial charge < -0.3 is 14.3 Å². The summed E-state index contributed by atoms with van der Waals surface area (Å²) in [5.41, 5.74) is 2.46. The third-order valence-corrected chi connectivity index (χ3v) is 4.84. The normalized spacial score (nSPS) is 12.2. The molecule has 9 heteroatoms. The van der Waals surface area contributed by atoms with Crippen LogP contribution in [0.3, 0.4) is 0 Å². The Kier molecular flexibility index (Phi) is 5.26. The zero-order valence-corrected chi connectivity index (χ0v) is 16.3. The second-order valence-corrected chi connectivity index (χ2v) is 7.19. The number of aromatic amines is 1. The van der Waals surface area contributed by atoms with E-state index in [1.807, 2.05) is 42.5 Å². The molecule has 3 aromatic heterocycles. The van der Waals surface area contributed by atoms with Crippen molar-refractivity contribution in [3.63, 3.8) is 0 Å². The smallest absolute Gasteiger partial charge is 0.274 e. The molecule has 0 fully saturated rings. The number of benzene rings is 1. The summed E-state index contributed by atoms with van der Waals surface area (Å²) in [4.78, 5) is 19.8. The third-order valence-electron chi connectivity index (χ3n) is 4.45. The molecule has 0 saturated heterocycles. The van der Waals surface area contributed by atoms with Gasteiger partial charge in [0.15, 0.2) is 0 Å². The Balaban J connectivity index is 1.88. The molecular weight excluding hydrogens is 392 g/mol. The lowest BCUT2D eigenvalue weighted by Crippen LogP contribution is -2.17. The van der Waals surface area contributed by atoms with Crippen molar-refractivity contribution in [1.82, 2.24) is 19.3 Å². The van der Waals surface area contributed by atoms with Crippen LogP contribution in [0.15, 0.2) is 65.8 Å². The maximum absolute atomic E-state index is 12.4. The molecule has 3 N–H and O–H groups in total. The maximum atomic E-state index is 12.4. The largest absolute Gasteiger partial charge is 0.438 e. The van der Waals surface area contributed by atoms with E-state index < -0.39 is 11.3 Å². The molecule has 8 nitrogen and oxygen atoms in total. The van der Waals surface area contributed by atoms with Crippen molar-refractivity contribution in [2.24, 2.45) is 7.05 Å². The van der Waals surface area contributed by atoms with E-state index in [9.17, 15) is 9.00 Å². The second kappa shape index (κ2) is 8.00. The molecule has 0 bridgehead atoms. The highest BCUT2D eigenvalue weighted by molar-refractivity contribution is 7.77. The lowest BCUT2D eigenvalue weighted by Gasteiger charge is -2.14. The van der Waals surface area contributed by atoms with Crippen LogP contribution in [0, 0.1) is 0 Å². The van der Waals surface area contributed by atoms with Gasteiger partial charge in [-0.05, 0) is 29.8 Å². The van der Waals surface area contributed by atoms with Crippen molar-refractivity contribution < 1.29 is 13.5 Å². The van der Waals surface area contributed by atoms with Gasteiger partial charge in [0.2, 0.25) is 17.1 Å². The number of fused-ring (bicyclic) bond motifs is 1. The number of aryl methyl sites for hydroxylation is 1. The monoisotopic (exact) mass is 410 g/mol. The summed E-state index contributed by atoms with van der Waals surface area (Å²) in [6, 6.07) is 12.9. The van der Waals surface area contributed by atoms with E-state index in [1.165, 1.54) is 4.57 Å². The number of hydrogen-bond acceptors (Lipinski definition) is 4. The molecule has 0 amide bonds.